The number of ether oxygens (including phenoxy) is 6. The Hall–Kier alpha value is -8.54. The third-order valence-electron chi connectivity index (χ3n) is 11.7. The van der Waals surface area contributed by atoms with Crippen molar-refractivity contribution in [3.63, 3.8) is 0 Å². The van der Waals surface area contributed by atoms with E-state index in [4.69, 9.17) is 28.4 Å². The lowest BCUT2D eigenvalue weighted by Gasteiger charge is -2.19. The predicted molar refractivity (Wildman–Crippen MR) is 304 cm³/mol. The van der Waals surface area contributed by atoms with Crippen LogP contribution in [0.2, 0.25) is 0 Å². The summed E-state index contributed by atoms with van der Waals surface area (Å²) in [5.41, 5.74) is 2.83. The van der Waals surface area contributed by atoms with Crippen LogP contribution in [0.25, 0.3) is 0 Å². The molecule has 5 aromatic carbocycles. The van der Waals surface area contributed by atoms with Crippen molar-refractivity contribution < 1.29 is 66.8 Å². The fraction of sp³-hybridized carbons (Fsp3) is 0.387. The monoisotopic (exact) mass is 1100 g/mol. The van der Waals surface area contributed by atoms with Gasteiger partial charge in [-0.3, -0.25) is 20.2 Å². The largest absolute Gasteiger partial charge is 0.462 e. The number of carbonyl (C=O) groups excluding carboxylic acids is 8. The smallest absolute Gasteiger partial charge is 0.412 e. The van der Waals surface area contributed by atoms with Crippen LogP contribution in [0.4, 0.5) is 32.3 Å². The first-order chi connectivity index (χ1) is 38.2. The molecule has 5 aromatic rings. The first kappa shape index (κ1) is 62.3. The number of unbranched alkanes of at least 4 members (excludes halogenated alkanes) is 10. The van der Waals surface area contributed by atoms with Crippen molar-refractivity contribution in [1.29, 1.82) is 0 Å². The molecule has 4 amide bonds. The van der Waals surface area contributed by atoms with E-state index in [1.165, 1.54) is 24.3 Å². The molecule has 0 atom stereocenters. The Labute approximate surface area is 468 Å². The summed E-state index contributed by atoms with van der Waals surface area (Å²) in [5.74, 6) is -2.60. The molecule has 18 heteroatoms. The molecule has 4 N–H and O–H groups in total. The lowest BCUT2D eigenvalue weighted by molar-refractivity contribution is 0.0484. The minimum atomic E-state index is -0.619. The van der Waals surface area contributed by atoms with Crippen LogP contribution in [-0.2, 0) is 28.4 Å². The fourth-order valence-corrected chi connectivity index (χ4v) is 7.60. The quantitative estimate of drug-likeness (QED) is 0.0207. The second-order valence-electron chi connectivity index (χ2n) is 20.8. The van der Waals surface area contributed by atoms with Crippen LogP contribution in [0.5, 0.6) is 0 Å². The van der Waals surface area contributed by atoms with Gasteiger partial charge in [-0.15, -0.1) is 0 Å². The van der Waals surface area contributed by atoms with Gasteiger partial charge in [0.15, 0.2) is 0 Å². The summed E-state index contributed by atoms with van der Waals surface area (Å²) >= 11 is 0. The van der Waals surface area contributed by atoms with Gasteiger partial charge < -0.3 is 39.1 Å². The minimum absolute atomic E-state index is 0.273. The molecule has 0 spiro atoms. The molecule has 0 aliphatic heterocycles. The van der Waals surface area contributed by atoms with Crippen molar-refractivity contribution in [3.05, 3.63) is 155 Å². The maximum absolute atomic E-state index is 13.0. The topological polar surface area (TPSA) is 240 Å². The van der Waals surface area contributed by atoms with E-state index in [2.05, 4.69) is 21.3 Å². The number of rotatable bonds is 28. The van der Waals surface area contributed by atoms with Gasteiger partial charge in [0.2, 0.25) is 0 Å². The fourth-order valence-electron chi connectivity index (χ4n) is 7.60. The first-order valence-electron chi connectivity index (χ1n) is 27.0. The molecule has 0 unspecified atom stereocenters. The van der Waals surface area contributed by atoms with Crippen LogP contribution in [0.1, 0.15) is 181 Å². The normalized spacial score (nSPS) is 11.1. The summed E-state index contributed by atoms with van der Waals surface area (Å²) in [6, 6.07) is 31.7. The second kappa shape index (κ2) is 31.8. The minimum Gasteiger partial charge on any atom is -0.462 e. The molecule has 80 heavy (non-hydrogen) atoms. The maximum atomic E-state index is 13.0. The first-order valence-corrected chi connectivity index (χ1v) is 27.0. The summed E-state index contributed by atoms with van der Waals surface area (Å²) in [4.78, 5) is 99.9. The van der Waals surface area contributed by atoms with E-state index in [0.717, 1.165) is 64.2 Å². The number of nitrogens with one attached hydrogen (secondary N) is 4. The predicted octanol–water partition coefficient (Wildman–Crippen LogP) is 13.6. The average Bonchev–Trinajstić information content (AvgIpc) is 3.41. The molecule has 5 rings (SSSR count). The molecule has 18 nitrogen and oxygen atoms in total. The van der Waals surface area contributed by atoms with Gasteiger partial charge in [0.1, 0.15) is 11.2 Å². The zero-order chi connectivity index (χ0) is 57.9. The van der Waals surface area contributed by atoms with Gasteiger partial charge in [-0.25, -0.2) is 28.8 Å². The molecular formula is C62H74N4O14. The summed E-state index contributed by atoms with van der Waals surface area (Å²) < 4.78 is 32.1. The molecule has 0 saturated heterocycles. The van der Waals surface area contributed by atoms with Gasteiger partial charge in [-0.2, -0.15) is 0 Å². The second-order valence-corrected chi connectivity index (χ2v) is 20.8. The van der Waals surface area contributed by atoms with Crippen LogP contribution in [0.3, 0.4) is 0 Å². The van der Waals surface area contributed by atoms with Gasteiger partial charge in [0.05, 0.1) is 48.7 Å². The average molecular weight is 1100 g/mol. The van der Waals surface area contributed by atoms with E-state index < -0.39 is 59.1 Å². The molecular weight excluding hydrogens is 1020 g/mol. The number of hydrogen-bond donors (Lipinski definition) is 4. The van der Waals surface area contributed by atoms with Crippen LogP contribution in [0.15, 0.2) is 121 Å². The molecule has 0 fully saturated rings. The van der Waals surface area contributed by atoms with Gasteiger partial charge in [-0.05, 0) is 189 Å². The lowest BCUT2D eigenvalue weighted by Crippen LogP contribution is -2.27. The Morgan fingerprint density at radius 3 is 0.713 bits per heavy atom. The van der Waals surface area contributed by atoms with E-state index in [-0.39, 0.29) is 13.2 Å². The van der Waals surface area contributed by atoms with Gasteiger partial charge in [0.25, 0.3) is 11.8 Å². The summed E-state index contributed by atoms with van der Waals surface area (Å²) in [6.07, 6.45) is 9.00. The summed E-state index contributed by atoms with van der Waals surface area (Å²) in [7, 11) is 0. The van der Waals surface area contributed by atoms with Crippen molar-refractivity contribution in [3.8, 4) is 0 Å². The number of amides is 4. The third kappa shape index (κ3) is 23.6. The zero-order valence-corrected chi connectivity index (χ0v) is 46.6. The zero-order valence-electron chi connectivity index (χ0n) is 46.6. The lowest BCUT2D eigenvalue weighted by atomic mass is 10.1. The van der Waals surface area contributed by atoms with Gasteiger partial charge in [0, 0.05) is 33.9 Å². The van der Waals surface area contributed by atoms with E-state index >= 15 is 0 Å². The van der Waals surface area contributed by atoms with E-state index in [1.54, 1.807) is 139 Å². The highest BCUT2D eigenvalue weighted by Crippen LogP contribution is 2.19. The number of anilines is 4. The molecule has 0 saturated carbocycles. The molecule has 0 bridgehead atoms. The number of esters is 4. The Bertz CT molecular complexity index is 2630. The van der Waals surface area contributed by atoms with Crippen molar-refractivity contribution in [2.45, 2.75) is 130 Å². The summed E-state index contributed by atoms with van der Waals surface area (Å²) in [6.45, 7) is 11.8. The van der Waals surface area contributed by atoms with Crippen LogP contribution < -0.4 is 21.3 Å². The Morgan fingerprint density at radius 1 is 0.287 bits per heavy atom. The summed E-state index contributed by atoms with van der Waals surface area (Å²) in [5, 5.41) is 10.8. The molecule has 0 aromatic heterocycles. The number of benzene rings is 5. The highest BCUT2D eigenvalue weighted by Gasteiger charge is 2.19. The molecule has 0 aliphatic rings. The number of carbonyl (C=O) groups is 8. The van der Waals surface area contributed by atoms with Gasteiger partial charge >= 0.3 is 36.1 Å². The maximum Gasteiger partial charge on any atom is 0.412 e. The number of hydrogen-bond acceptors (Lipinski definition) is 14. The molecule has 0 heterocycles. The SMILES string of the molecule is CC(C)(C)OC(=O)Nc1ccc(C(=O)OCCCCCCCCOC(=O)c2ccc(NC(=O)c3ccc(C(=O)Nc4ccc(C(=O)OCCCCCCCCOC(=O)c5ccc(NC(=O)OC(C)(C)C)cc5)cc4)cc3)cc2)cc1. The standard InChI is InChI=1S/C62H74N4O14/c1-61(2,3)79-59(73)65-51-35-27-47(28-36-51)57(71)77-41-17-13-9-7-11-15-39-75-55(69)45-23-31-49(32-24-45)63-53(67)43-19-21-44(22-20-43)54(68)64-50-33-25-46(26-34-50)56(70)76-40-16-12-8-10-14-18-42-78-58(72)48-29-37-52(38-30-48)66-60(74)80-62(4,5)6/h19-38H,7-18,39-42H2,1-6H3,(H,63,67)(H,64,68)(H,65,73)(H,66,74). The van der Waals surface area contributed by atoms with E-state index in [0.29, 0.717) is 82.2 Å². The van der Waals surface area contributed by atoms with Crippen LogP contribution in [-0.4, -0.2) is 85.5 Å². The van der Waals surface area contributed by atoms with Crippen LogP contribution in [0, 0.1) is 0 Å². The van der Waals surface area contributed by atoms with Crippen LogP contribution >= 0.6 is 0 Å². The molecule has 426 valence electrons. The highest BCUT2D eigenvalue weighted by molar-refractivity contribution is 6.07. The van der Waals surface area contributed by atoms with E-state index in [1.807, 2.05) is 0 Å². The van der Waals surface area contributed by atoms with E-state index in [9.17, 15) is 38.4 Å². The van der Waals surface area contributed by atoms with Crippen molar-refractivity contribution in [2.75, 3.05) is 47.7 Å². The Morgan fingerprint density at radius 2 is 0.487 bits per heavy atom. The van der Waals surface area contributed by atoms with Crippen molar-refractivity contribution in [1.82, 2.24) is 0 Å². The Balaban J connectivity index is 0.865. The van der Waals surface area contributed by atoms with Gasteiger partial charge in [-0.1, -0.05) is 51.4 Å². The highest BCUT2D eigenvalue weighted by atomic mass is 16.6. The molecule has 0 radical (unpaired) electrons. The molecule has 0 aliphatic carbocycles. The third-order valence-corrected chi connectivity index (χ3v) is 11.7. The van der Waals surface area contributed by atoms with Crippen molar-refractivity contribution in [2.24, 2.45) is 0 Å². The van der Waals surface area contributed by atoms with Crippen molar-refractivity contribution >= 4 is 70.6 Å². The Kier molecular flexibility index (Phi) is 24.7.